The summed E-state index contributed by atoms with van der Waals surface area (Å²) in [6, 6.07) is 19.4. The third-order valence-electron chi connectivity index (χ3n) is 7.60. The molecule has 1 fully saturated rings. The fraction of sp³-hybridized carbons (Fsp3) is 0.343. The lowest BCUT2D eigenvalue weighted by Crippen LogP contribution is -2.58. The van der Waals surface area contributed by atoms with Crippen LogP contribution in [0.2, 0.25) is 0 Å². The van der Waals surface area contributed by atoms with E-state index in [1.807, 2.05) is 74.5 Å². The van der Waals surface area contributed by atoms with E-state index in [2.05, 4.69) is 26.6 Å². The Hall–Kier alpha value is -5.06. The normalized spacial score (nSPS) is 21.6. The minimum Gasteiger partial charge on any atom is -0.345 e. The number of amides is 5. The highest BCUT2D eigenvalue weighted by atomic mass is 19.1. The van der Waals surface area contributed by atoms with Crippen molar-refractivity contribution in [3.05, 3.63) is 107 Å². The van der Waals surface area contributed by atoms with Crippen LogP contribution in [0.5, 0.6) is 0 Å². The van der Waals surface area contributed by atoms with Crippen LogP contribution >= 0.6 is 0 Å². The second-order valence-corrected chi connectivity index (χ2v) is 11.9. The van der Waals surface area contributed by atoms with E-state index in [4.69, 9.17) is 0 Å². The summed E-state index contributed by atoms with van der Waals surface area (Å²) in [7, 11) is 0. The summed E-state index contributed by atoms with van der Waals surface area (Å²) in [5.41, 5.74) is 2.14. The molecule has 0 radical (unpaired) electrons. The number of carbonyl (C=O) groups is 5. The molecule has 5 amide bonds. The van der Waals surface area contributed by atoms with Crippen molar-refractivity contribution in [2.24, 2.45) is 5.92 Å². The largest absolute Gasteiger partial charge is 0.345 e. The van der Waals surface area contributed by atoms with E-state index >= 15 is 0 Å². The highest BCUT2D eigenvalue weighted by Crippen LogP contribution is 2.12. The van der Waals surface area contributed by atoms with Crippen LogP contribution in [-0.4, -0.2) is 60.2 Å². The molecule has 0 aliphatic carbocycles. The first-order chi connectivity index (χ1) is 22.1. The number of benzene rings is 3. The van der Waals surface area contributed by atoms with Crippen LogP contribution in [0.15, 0.2) is 84.9 Å². The van der Waals surface area contributed by atoms with E-state index in [1.165, 1.54) is 24.3 Å². The van der Waals surface area contributed by atoms with Crippen molar-refractivity contribution < 1.29 is 28.4 Å². The monoisotopic (exact) mass is 629 g/mol. The molecule has 46 heavy (non-hydrogen) atoms. The Labute approximate surface area is 267 Å². The van der Waals surface area contributed by atoms with Gasteiger partial charge in [-0.25, -0.2) is 4.39 Å². The topological polar surface area (TPSA) is 146 Å². The summed E-state index contributed by atoms with van der Waals surface area (Å²) in [5, 5.41) is 13.6. The number of halogens is 1. The summed E-state index contributed by atoms with van der Waals surface area (Å²) in [6.45, 7) is 3.33. The molecular formula is C35H40FN5O5. The molecule has 1 heterocycles. The van der Waals surface area contributed by atoms with E-state index in [-0.39, 0.29) is 31.6 Å². The lowest BCUT2D eigenvalue weighted by Gasteiger charge is -2.27. The third kappa shape index (κ3) is 10.3. The lowest BCUT2D eigenvalue weighted by molar-refractivity contribution is -0.134. The smallest absolute Gasteiger partial charge is 0.243 e. The van der Waals surface area contributed by atoms with Crippen molar-refractivity contribution in [3.8, 4) is 0 Å². The van der Waals surface area contributed by atoms with E-state index < -0.39 is 66.1 Å². The van der Waals surface area contributed by atoms with Gasteiger partial charge in [0.05, 0.1) is 6.54 Å². The van der Waals surface area contributed by atoms with Crippen LogP contribution in [0.1, 0.15) is 37.0 Å². The SMILES string of the molecule is CC(C)C[C@H]1NC(=O)[C@@H](Cc2ccccc2)NC(=O)[C@@H](Cc2ccccc2)NC(=O)CNC(=O)[C@@H](Cc2ccc(F)cc2)NC1=O. The minimum absolute atomic E-state index is 0.00905. The molecule has 0 unspecified atom stereocenters. The molecule has 4 rings (SSSR count). The number of hydrogen-bond donors (Lipinski definition) is 5. The van der Waals surface area contributed by atoms with Crippen LogP contribution in [0.4, 0.5) is 4.39 Å². The molecule has 4 atom stereocenters. The molecule has 0 bridgehead atoms. The van der Waals surface area contributed by atoms with Crippen LogP contribution in [0.3, 0.4) is 0 Å². The van der Waals surface area contributed by atoms with Crippen molar-refractivity contribution in [1.82, 2.24) is 26.6 Å². The highest BCUT2D eigenvalue weighted by Gasteiger charge is 2.33. The summed E-state index contributed by atoms with van der Waals surface area (Å²) < 4.78 is 13.6. The highest BCUT2D eigenvalue weighted by molar-refractivity contribution is 5.97. The van der Waals surface area contributed by atoms with Gasteiger partial charge in [-0.1, -0.05) is 86.6 Å². The van der Waals surface area contributed by atoms with Gasteiger partial charge in [-0.3, -0.25) is 24.0 Å². The first kappa shape index (κ1) is 33.8. The molecule has 3 aromatic carbocycles. The van der Waals surface area contributed by atoms with E-state index in [9.17, 15) is 28.4 Å². The Morgan fingerprint density at radius 2 is 0.978 bits per heavy atom. The van der Waals surface area contributed by atoms with Crippen molar-refractivity contribution in [3.63, 3.8) is 0 Å². The molecule has 5 N–H and O–H groups in total. The molecule has 242 valence electrons. The molecule has 0 aromatic heterocycles. The molecule has 0 saturated carbocycles. The summed E-state index contributed by atoms with van der Waals surface area (Å²) in [4.78, 5) is 67.6. The maximum atomic E-state index is 13.8. The van der Waals surface area contributed by atoms with E-state index in [1.54, 1.807) is 0 Å². The number of carbonyl (C=O) groups excluding carboxylic acids is 5. The third-order valence-corrected chi connectivity index (χ3v) is 7.60. The Morgan fingerprint density at radius 1 is 0.565 bits per heavy atom. The maximum absolute atomic E-state index is 13.8. The quantitative estimate of drug-likeness (QED) is 0.259. The van der Waals surface area contributed by atoms with Gasteiger partial charge in [-0.2, -0.15) is 0 Å². The molecule has 1 aliphatic heterocycles. The minimum atomic E-state index is -1.14. The number of nitrogens with one attached hydrogen (secondary N) is 5. The number of hydrogen-bond acceptors (Lipinski definition) is 5. The predicted molar refractivity (Wildman–Crippen MR) is 171 cm³/mol. The van der Waals surface area contributed by atoms with Gasteiger partial charge >= 0.3 is 0 Å². The molecular weight excluding hydrogens is 589 g/mol. The molecule has 11 heteroatoms. The van der Waals surface area contributed by atoms with Crippen LogP contribution in [0, 0.1) is 11.7 Å². The van der Waals surface area contributed by atoms with Gasteiger partial charge in [0.2, 0.25) is 29.5 Å². The summed E-state index contributed by atoms with van der Waals surface area (Å²) in [5.74, 6) is -3.52. The van der Waals surface area contributed by atoms with Gasteiger partial charge in [-0.15, -0.1) is 0 Å². The average molecular weight is 630 g/mol. The van der Waals surface area contributed by atoms with Crippen molar-refractivity contribution in [2.75, 3.05) is 6.54 Å². The molecule has 10 nitrogen and oxygen atoms in total. The van der Waals surface area contributed by atoms with Crippen LogP contribution in [0.25, 0.3) is 0 Å². The van der Waals surface area contributed by atoms with E-state index in [0.717, 1.165) is 11.1 Å². The Kier molecular flexibility index (Phi) is 12.0. The average Bonchev–Trinajstić information content (AvgIpc) is 3.03. The van der Waals surface area contributed by atoms with Gasteiger partial charge in [0.1, 0.15) is 30.0 Å². The molecule has 1 aliphatic rings. The van der Waals surface area contributed by atoms with Crippen LogP contribution in [-0.2, 0) is 43.2 Å². The van der Waals surface area contributed by atoms with Gasteiger partial charge < -0.3 is 26.6 Å². The van der Waals surface area contributed by atoms with Crippen LogP contribution < -0.4 is 26.6 Å². The lowest BCUT2D eigenvalue weighted by atomic mass is 9.99. The predicted octanol–water partition coefficient (Wildman–Crippen LogP) is 1.97. The Balaban J connectivity index is 1.68. The van der Waals surface area contributed by atoms with Gasteiger partial charge in [0.25, 0.3) is 0 Å². The number of rotatable bonds is 8. The summed E-state index contributed by atoms with van der Waals surface area (Å²) >= 11 is 0. The Morgan fingerprint density at radius 3 is 1.48 bits per heavy atom. The van der Waals surface area contributed by atoms with Gasteiger partial charge in [0, 0.05) is 19.3 Å². The first-order valence-electron chi connectivity index (χ1n) is 15.4. The molecule has 1 saturated heterocycles. The Bertz CT molecular complexity index is 1500. The molecule has 0 spiro atoms. The first-order valence-corrected chi connectivity index (χ1v) is 15.4. The summed E-state index contributed by atoms with van der Waals surface area (Å²) in [6.07, 6.45) is 0.531. The van der Waals surface area contributed by atoms with Crippen molar-refractivity contribution in [1.29, 1.82) is 0 Å². The van der Waals surface area contributed by atoms with Gasteiger partial charge in [-0.05, 0) is 41.2 Å². The zero-order valence-electron chi connectivity index (χ0n) is 25.9. The van der Waals surface area contributed by atoms with Crippen molar-refractivity contribution in [2.45, 2.75) is 63.7 Å². The maximum Gasteiger partial charge on any atom is 0.243 e. The standard InChI is InChI=1S/C35H40FN5O5/c1-22(2)17-27-33(44)40-28(20-25-13-15-26(36)16-14-25)32(43)37-21-31(42)38-29(18-23-9-5-3-6-10-23)34(45)41-30(35(46)39-27)19-24-11-7-4-8-12-24/h3-16,22,27-30H,17-21H2,1-2H3,(H,37,43)(H,38,42)(H,39,46)(H,40,44)(H,41,45)/t27-,28-,29-,30-/m1/s1. The van der Waals surface area contributed by atoms with E-state index in [0.29, 0.717) is 5.56 Å². The fourth-order valence-corrected chi connectivity index (χ4v) is 5.24. The second kappa shape index (κ2) is 16.3. The second-order valence-electron chi connectivity index (χ2n) is 11.9. The zero-order chi connectivity index (χ0) is 33.1. The fourth-order valence-electron chi connectivity index (χ4n) is 5.24. The van der Waals surface area contributed by atoms with Gasteiger partial charge in [0.15, 0.2) is 0 Å². The zero-order valence-corrected chi connectivity index (χ0v) is 25.9. The van der Waals surface area contributed by atoms with Crippen molar-refractivity contribution >= 4 is 29.5 Å². The molecule has 3 aromatic rings.